The fraction of sp³-hybridized carbons (Fsp3) is 0.118. The third-order valence-corrected chi connectivity index (χ3v) is 3.10. The molecule has 2 unspecified atom stereocenters. The number of rotatable bonds is 4. The van der Waals surface area contributed by atoms with E-state index in [1.807, 2.05) is 66.7 Å². The molecule has 1 heteroatoms. The Hall–Kier alpha value is -2.33. The maximum atomic E-state index is 9.44. The first-order valence-electron chi connectivity index (χ1n) is 5.99. The van der Waals surface area contributed by atoms with Crippen LogP contribution in [0.1, 0.15) is 23.0 Å². The summed E-state index contributed by atoms with van der Waals surface area (Å²) in [6, 6.07) is 22.3. The molecule has 0 heterocycles. The van der Waals surface area contributed by atoms with Gasteiger partial charge in [-0.1, -0.05) is 66.7 Å². The van der Waals surface area contributed by atoms with E-state index < -0.39 is 0 Å². The molecule has 0 fully saturated rings. The van der Waals surface area contributed by atoms with Gasteiger partial charge in [-0.2, -0.15) is 5.26 Å². The Morgan fingerprint density at radius 2 is 1.39 bits per heavy atom. The fourth-order valence-corrected chi connectivity index (χ4v) is 2.16. The Labute approximate surface area is 108 Å². The molecule has 0 spiro atoms. The third-order valence-electron chi connectivity index (χ3n) is 3.10. The van der Waals surface area contributed by atoms with Gasteiger partial charge in [0.2, 0.25) is 0 Å². The van der Waals surface area contributed by atoms with Crippen LogP contribution in [0, 0.1) is 11.3 Å². The van der Waals surface area contributed by atoms with E-state index in [1.165, 1.54) is 0 Å². The average Bonchev–Trinajstić information content (AvgIpc) is 2.46. The Balaban J connectivity index is 2.38. The number of nitriles is 1. The summed E-state index contributed by atoms with van der Waals surface area (Å²) in [5, 5.41) is 9.44. The van der Waals surface area contributed by atoms with Crippen LogP contribution in [0.3, 0.4) is 0 Å². The number of hydrogen-bond acceptors (Lipinski definition) is 1. The molecular formula is C17H15N. The molecule has 0 saturated carbocycles. The van der Waals surface area contributed by atoms with Gasteiger partial charge in [-0.05, 0) is 11.1 Å². The fourth-order valence-electron chi connectivity index (χ4n) is 2.16. The first kappa shape index (κ1) is 12.1. The molecular weight excluding hydrogens is 218 g/mol. The Kier molecular flexibility index (Phi) is 3.94. The van der Waals surface area contributed by atoms with Crippen LogP contribution in [-0.4, -0.2) is 0 Å². The number of benzene rings is 2. The van der Waals surface area contributed by atoms with Crippen molar-refractivity contribution in [2.24, 2.45) is 0 Å². The molecule has 0 saturated heterocycles. The summed E-state index contributed by atoms with van der Waals surface area (Å²) in [5.41, 5.74) is 2.16. The molecule has 2 atom stereocenters. The van der Waals surface area contributed by atoms with Crippen molar-refractivity contribution in [3.8, 4) is 6.07 Å². The van der Waals surface area contributed by atoms with E-state index in [1.54, 1.807) is 0 Å². The van der Waals surface area contributed by atoms with E-state index in [-0.39, 0.29) is 11.8 Å². The summed E-state index contributed by atoms with van der Waals surface area (Å²) in [7, 11) is 0. The van der Waals surface area contributed by atoms with Crippen LogP contribution in [-0.2, 0) is 0 Å². The maximum absolute atomic E-state index is 9.44. The average molecular weight is 233 g/mol. The molecule has 2 rings (SSSR count). The highest BCUT2D eigenvalue weighted by Gasteiger charge is 2.21. The monoisotopic (exact) mass is 233 g/mol. The minimum Gasteiger partial charge on any atom is -0.198 e. The third kappa shape index (κ3) is 2.49. The second-order valence-electron chi connectivity index (χ2n) is 4.19. The van der Waals surface area contributed by atoms with Crippen LogP contribution >= 0.6 is 0 Å². The lowest BCUT2D eigenvalue weighted by Crippen LogP contribution is -2.07. The van der Waals surface area contributed by atoms with Gasteiger partial charge in [-0.25, -0.2) is 0 Å². The van der Waals surface area contributed by atoms with Crippen molar-refractivity contribution in [1.29, 1.82) is 5.26 Å². The Morgan fingerprint density at radius 1 is 0.889 bits per heavy atom. The quantitative estimate of drug-likeness (QED) is 0.724. The van der Waals surface area contributed by atoms with Gasteiger partial charge in [-0.3, -0.25) is 0 Å². The topological polar surface area (TPSA) is 23.8 Å². The van der Waals surface area contributed by atoms with Crippen molar-refractivity contribution in [2.75, 3.05) is 0 Å². The highest BCUT2D eigenvalue weighted by molar-refractivity contribution is 5.35. The van der Waals surface area contributed by atoms with Gasteiger partial charge >= 0.3 is 0 Å². The molecule has 2 aromatic carbocycles. The summed E-state index contributed by atoms with van der Waals surface area (Å²) < 4.78 is 0. The van der Waals surface area contributed by atoms with Crippen LogP contribution in [0.15, 0.2) is 73.3 Å². The van der Waals surface area contributed by atoms with Crippen LogP contribution in [0.2, 0.25) is 0 Å². The van der Waals surface area contributed by atoms with E-state index in [9.17, 15) is 5.26 Å². The molecule has 2 aromatic rings. The number of allylic oxidation sites excluding steroid dienone is 1. The van der Waals surface area contributed by atoms with E-state index in [0.29, 0.717) is 0 Å². The molecule has 0 aromatic heterocycles. The second-order valence-corrected chi connectivity index (χ2v) is 4.19. The molecule has 0 radical (unpaired) electrons. The maximum Gasteiger partial charge on any atom is 0.0815 e. The van der Waals surface area contributed by atoms with Crippen LogP contribution < -0.4 is 0 Å². The smallest absolute Gasteiger partial charge is 0.0815 e. The van der Waals surface area contributed by atoms with Gasteiger partial charge in [0.25, 0.3) is 0 Å². The molecule has 0 aliphatic heterocycles. The minimum atomic E-state index is -0.189. The zero-order valence-electron chi connectivity index (χ0n) is 10.2. The largest absolute Gasteiger partial charge is 0.198 e. The van der Waals surface area contributed by atoms with Crippen molar-refractivity contribution >= 4 is 0 Å². The van der Waals surface area contributed by atoms with Gasteiger partial charge in [0.15, 0.2) is 0 Å². The molecule has 1 nitrogen and oxygen atoms in total. The van der Waals surface area contributed by atoms with Crippen LogP contribution in [0.4, 0.5) is 0 Å². The number of hydrogen-bond donors (Lipinski definition) is 0. The first-order chi connectivity index (χ1) is 8.86. The van der Waals surface area contributed by atoms with Crippen molar-refractivity contribution in [1.82, 2.24) is 0 Å². The van der Waals surface area contributed by atoms with Crippen LogP contribution in [0.5, 0.6) is 0 Å². The number of nitrogens with zero attached hydrogens (tertiary/aromatic N) is 1. The highest BCUT2D eigenvalue weighted by Crippen LogP contribution is 2.33. The van der Waals surface area contributed by atoms with Crippen molar-refractivity contribution < 1.29 is 0 Å². The SMILES string of the molecule is C=CC(c1ccccc1)C(C#N)c1ccccc1. The van der Waals surface area contributed by atoms with Gasteiger partial charge in [0.1, 0.15) is 0 Å². The standard InChI is InChI=1S/C17H15N/c1-2-16(14-9-5-3-6-10-14)17(13-18)15-11-7-4-8-12-15/h2-12,16-17H,1H2. The van der Waals surface area contributed by atoms with E-state index >= 15 is 0 Å². The zero-order valence-corrected chi connectivity index (χ0v) is 10.2. The van der Waals surface area contributed by atoms with E-state index in [0.717, 1.165) is 11.1 Å². The lowest BCUT2D eigenvalue weighted by Gasteiger charge is -2.19. The van der Waals surface area contributed by atoms with Crippen molar-refractivity contribution in [3.05, 3.63) is 84.4 Å². The predicted molar refractivity (Wildman–Crippen MR) is 74.2 cm³/mol. The summed E-state index contributed by atoms with van der Waals surface area (Å²) in [4.78, 5) is 0. The Bertz CT molecular complexity index is 537. The summed E-state index contributed by atoms with van der Waals surface area (Å²) in [6.07, 6.45) is 1.86. The van der Waals surface area contributed by atoms with Crippen molar-refractivity contribution in [2.45, 2.75) is 11.8 Å². The molecule has 18 heavy (non-hydrogen) atoms. The summed E-state index contributed by atoms with van der Waals surface area (Å²) in [5.74, 6) is -0.162. The van der Waals surface area contributed by atoms with Gasteiger partial charge < -0.3 is 0 Å². The predicted octanol–water partition coefficient (Wildman–Crippen LogP) is 4.26. The summed E-state index contributed by atoms with van der Waals surface area (Å²) in [6.45, 7) is 3.88. The van der Waals surface area contributed by atoms with E-state index in [2.05, 4.69) is 12.6 Å². The highest BCUT2D eigenvalue weighted by atomic mass is 14.3. The van der Waals surface area contributed by atoms with Gasteiger partial charge in [0.05, 0.1) is 12.0 Å². The van der Waals surface area contributed by atoms with Crippen molar-refractivity contribution in [3.63, 3.8) is 0 Å². The van der Waals surface area contributed by atoms with Gasteiger partial charge in [0, 0.05) is 5.92 Å². The van der Waals surface area contributed by atoms with E-state index in [4.69, 9.17) is 0 Å². The Morgan fingerprint density at radius 3 is 1.83 bits per heavy atom. The molecule has 0 aliphatic rings. The first-order valence-corrected chi connectivity index (χ1v) is 5.99. The lowest BCUT2D eigenvalue weighted by molar-refractivity contribution is 0.751. The molecule has 0 N–H and O–H groups in total. The normalized spacial score (nSPS) is 13.3. The second kappa shape index (κ2) is 5.84. The lowest BCUT2D eigenvalue weighted by atomic mass is 9.82. The zero-order chi connectivity index (χ0) is 12.8. The molecule has 0 aliphatic carbocycles. The minimum absolute atomic E-state index is 0.0265. The summed E-state index contributed by atoms with van der Waals surface area (Å²) >= 11 is 0. The van der Waals surface area contributed by atoms with Crippen LogP contribution in [0.25, 0.3) is 0 Å². The van der Waals surface area contributed by atoms with Gasteiger partial charge in [-0.15, -0.1) is 6.58 Å². The molecule has 0 amide bonds. The molecule has 0 bridgehead atoms. The molecule has 88 valence electrons.